The molecule has 0 radical (unpaired) electrons. The number of aliphatic hydroxyl groups is 2. The number of hydrogen-bond acceptors (Lipinski definition) is 4. The minimum absolute atomic E-state index is 0.103. The van der Waals surface area contributed by atoms with Gasteiger partial charge in [0.05, 0.1) is 24.6 Å². The van der Waals surface area contributed by atoms with E-state index in [2.05, 4.69) is 4.98 Å². The normalized spacial score (nSPS) is 10.4. The van der Waals surface area contributed by atoms with Crippen LogP contribution >= 0.6 is 0 Å². The highest BCUT2D eigenvalue weighted by Gasteiger charge is 2.13. The summed E-state index contributed by atoms with van der Waals surface area (Å²) in [5, 5.41) is 35.1. The molecule has 5 heteroatoms. The Bertz CT molecular complexity index is 231. The largest absolute Gasteiger partial charge is 0.503 e. The maximum atomic E-state index is 9.00. The van der Waals surface area contributed by atoms with E-state index in [4.69, 9.17) is 20.4 Å². The maximum Gasteiger partial charge on any atom is 0.181 e. The lowest BCUT2D eigenvalue weighted by Gasteiger charge is -1.90. The topological polar surface area (TPSA) is 96.7 Å². The number of H-pyrrole nitrogens is 1. The van der Waals surface area contributed by atoms with E-state index < -0.39 is 24.7 Å². The van der Waals surface area contributed by atoms with E-state index in [0.29, 0.717) is 0 Å². The quantitative estimate of drug-likeness (QED) is 0.398. The zero-order valence-electron chi connectivity index (χ0n) is 5.70. The summed E-state index contributed by atoms with van der Waals surface area (Å²) in [5.74, 6) is -0.812. The Morgan fingerprint density at radius 1 is 0.909 bits per heavy atom. The van der Waals surface area contributed by atoms with Crippen molar-refractivity contribution >= 4 is 0 Å². The zero-order valence-corrected chi connectivity index (χ0v) is 5.70. The van der Waals surface area contributed by atoms with Crippen LogP contribution in [0.2, 0.25) is 0 Å². The minimum Gasteiger partial charge on any atom is -0.503 e. The molecule has 1 aromatic rings. The van der Waals surface area contributed by atoms with Crippen LogP contribution in [-0.4, -0.2) is 25.4 Å². The molecule has 5 N–H and O–H groups in total. The molecule has 1 heterocycles. The molecule has 0 spiro atoms. The summed E-state index contributed by atoms with van der Waals surface area (Å²) >= 11 is 0. The first kappa shape index (κ1) is 7.90. The van der Waals surface area contributed by atoms with Gasteiger partial charge in [-0.25, -0.2) is 0 Å². The van der Waals surface area contributed by atoms with Crippen LogP contribution in [0.15, 0.2) is 0 Å². The highest BCUT2D eigenvalue weighted by Crippen LogP contribution is 2.32. The predicted octanol–water partition coefficient (Wildman–Crippen LogP) is -0.589. The highest BCUT2D eigenvalue weighted by molar-refractivity contribution is 5.46. The molecule has 0 amide bonds. The van der Waals surface area contributed by atoms with Crippen LogP contribution in [0.4, 0.5) is 0 Å². The lowest BCUT2D eigenvalue weighted by molar-refractivity contribution is 0.265. The van der Waals surface area contributed by atoms with Crippen LogP contribution in [-0.2, 0) is 13.2 Å². The van der Waals surface area contributed by atoms with Gasteiger partial charge in [0, 0.05) is 0 Å². The molecule has 0 aromatic carbocycles. The molecular weight excluding hydrogens is 150 g/mol. The molecule has 1 rings (SSSR count). The van der Waals surface area contributed by atoms with Crippen LogP contribution in [0.3, 0.4) is 0 Å². The summed E-state index contributed by atoms with van der Waals surface area (Å²) in [6.45, 7) is -0.807. The zero-order chi connectivity index (χ0) is 8.43. The van der Waals surface area contributed by atoms with Gasteiger partial charge in [0.1, 0.15) is 0 Å². The molecule has 11 heavy (non-hydrogen) atoms. The van der Waals surface area contributed by atoms with Crippen molar-refractivity contribution in [2.45, 2.75) is 13.2 Å². The van der Waals surface area contributed by atoms with Crippen molar-refractivity contribution in [2.24, 2.45) is 0 Å². The summed E-state index contributed by atoms with van der Waals surface area (Å²) in [4.78, 5) is 2.45. The Morgan fingerprint density at radius 3 is 1.45 bits per heavy atom. The number of aromatic nitrogens is 1. The van der Waals surface area contributed by atoms with E-state index in [0.717, 1.165) is 0 Å². The second kappa shape index (κ2) is 2.81. The molecule has 1 aromatic heterocycles. The van der Waals surface area contributed by atoms with Crippen LogP contribution in [0.25, 0.3) is 0 Å². The van der Waals surface area contributed by atoms with E-state index in [1.165, 1.54) is 0 Å². The lowest BCUT2D eigenvalue weighted by atomic mass is 10.3. The first-order valence-corrected chi connectivity index (χ1v) is 3.04. The third-order valence-electron chi connectivity index (χ3n) is 1.41. The third kappa shape index (κ3) is 1.15. The first-order valence-electron chi connectivity index (χ1n) is 3.04. The fourth-order valence-corrected chi connectivity index (χ4v) is 0.815. The standard InChI is InChI=1S/C6H9NO4/c8-1-3-5(10)6(11)4(2-9)7-3/h7-11H,1-2H2. The van der Waals surface area contributed by atoms with E-state index in [-0.39, 0.29) is 11.4 Å². The van der Waals surface area contributed by atoms with Gasteiger partial charge in [0.15, 0.2) is 11.5 Å². The first-order chi connectivity index (χ1) is 5.20. The molecule has 0 aliphatic heterocycles. The van der Waals surface area contributed by atoms with Gasteiger partial charge in [-0.2, -0.15) is 0 Å². The molecule has 0 bridgehead atoms. The Labute approximate surface area is 62.5 Å². The monoisotopic (exact) mass is 159 g/mol. The van der Waals surface area contributed by atoms with E-state index in [1.807, 2.05) is 0 Å². The third-order valence-corrected chi connectivity index (χ3v) is 1.41. The van der Waals surface area contributed by atoms with Crippen LogP contribution in [0.5, 0.6) is 11.5 Å². The van der Waals surface area contributed by atoms with E-state index in [1.54, 1.807) is 0 Å². The fourth-order valence-electron chi connectivity index (χ4n) is 0.815. The summed E-state index contributed by atoms with van der Waals surface area (Å²) in [5.41, 5.74) is 0.207. The number of hydrogen-bond donors (Lipinski definition) is 5. The molecule has 5 nitrogen and oxygen atoms in total. The Balaban J connectivity index is 3.12. The van der Waals surface area contributed by atoms with Gasteiger partial charge in [-0.3, -0.25) is 0 Å². The lowest BCUT2D eigenvalue weighted by Crippen LogP contribution is -1.85. The highest BCUT2D eigenvalue weighted by atomic mass is 16.3. The molecule has 0 saturated heterocycles. The van der Waals surface area contributed by atoms with Crippen molar-refractivity contribution in [3.63, 3.8) is 0 Å². The van der Waals surface area contributed by atoms with Crippen molar-refractivity contribution in [1.29, 1.82) is 0 Å². The van der Waals surface area contributed by atoms with Gasteiger partial charge in [-0.05, 0) is 0 Å². The minimum atomic E-state index is -0.406. The van der Waals surface area contributed by atoms with E-state index >= 15 is 0 Å². The number of aliphatic hydroxyl groups excluding tert-OH is 2. The summed E-state index contributed by atoms with van der Waals surface area (Å²) in [6.07, 6.45) is 0. The SMILES string of the molecule is OCc1[nH]c(CO)c(O)c1O. The Morgan fingerprint density at radius 2 is 1.27 bits per heavy atom. The molecule has 0 fully saturated rings. The number of aromatic hydroxyl groups is 2. The molecule has 62 valence electrons. The van der Waals surface area contributed by atoms with Crippen LogP contribution in [0.1, 0.15) is 11.4 Å². The number of aromatic amines is 1. The molecule has 0 atom stereocenters. The van der Waals surface area contributed by atoms with Gasteiger partial charge in [-0.1, -0.05) is 0 Å². The second-order valence-corrected chi connectivity index (χ2v) is 2.10. The van der Waals surface area contributed by atoms with Crippen molar-refractivity contribution < 1.29 is 20.4 Å². The van der Waals surface area contributed by atoms with Crippen LogP contribution in [0, 0.1) is 0 Å². The van der Waals surface area contributed by atoms with Gasteiger partial charge in [-0.15, -0.1) is 0 Å². The van der Waals surface area contributed by atoms with Gasteiger partial charge < -0.3 is 25.4 Å². The number of rotatable bonds is 2. The fraction of sp³-hybridized carbons (Fsp3) is 0.333. The molecular formula is C6H9NO4. The molecule has 0 aliphatic rings. The Kier molecular flexibility index (Phi) is 2.02. The van der Waals surface area contributed by atoms with E-state index in [9.17, 15) is 0 Å². The van der Waals surface area contributed by atoms with Crippen molar-refractivity contribution in [3.8, 4) is 11.5 Å². The summed E-state index contributed by atoms with van der Waals surface area (Å²) < 4.78 is 0. The molecule has 0 aliphatic carbocycles. The van der Waals surface area contributed by atoms with Gasteiger partial charge in [0.2, 0.25) is 0 Å². The van der Waals surface area contributed by atoms with Crippen molar-refractivity contribution in [2.75, 3.05) is 0 Å². The van der Waals surface area contributed by atoms with Crippen LogP contribution < -0.4 is 0 Å². The smallest absolute Gasteiger partial charge is 0.181 e. The van der Waals surface area contributed by atoms with Gasteiger partial charge in [0.25, 0.3) is 0 Å². The Hall–Kier alpha value is -1.20. The van der Waals surface area contributed by atoms with Gasteiger partial charge >= 0.3 is 0 Å². The summed E-state index contributed by atoms with van der Waals surface area (Å²) in [7, 11) is 0. The second-order valence-electron chi connectivity index (χ2n) is 2.10. The summed E-state index contributed by atoms with van der Waals surface area (Å²) in [6, 6.07) is 0. The molecule has 0 saturated carbocycles. The van der Waals surface area contributed by atoms with Crippen molar-refractivity contribution in [1.82, 2.24) is 4.98 Å². The predicted molar refractivity (Wildman–Crippen MR) is 36.0 cm³/mol. The average Bonchev–Trinajstić information content (AvgIpc) is 2.30. The van der Waals surface area contributed by atoms with Crippen molar-refractivity contribution in [3.05, 3.63) is 11.4 Å². The number of nitrogens with one attached hydrogen (secondary N) is 1. The molecule has 0 unspecified atom stereocenters. The average molecular weight is 159 g/mol. The maximum absolute atomic E-state index is 9.00.